The zero-order valence-corrected chi connectivity index (χ0v) is 42.7. The molecule has 2 rings (SSSR count). The number of aromatic nitrogens is 2. The van der Waals surface area contributed by atoms with E-state index in [4.69, 9.17) is 29.0 Å². The molecule has 2 heterocycles. The van der Waals surface area contributed by atoms with Crippen LogP contribution in [-0.4, -0.2) is 85.7 Å². The van der Waals surface area contributed by atoms with Gasteiger partial charge in [-0.3, -0.25) is 23.2 Å². The fourth-order valence-corrected chi connectivity index (χ4v) is 9.65. The number of rotatable bonds is 42. The molecule has 1 fully saturated rings. The van der Waals surface area contributed by atoms with Crippen LogP contribution < -0.4 is 11.4 Å². The smallest absolute Gasteiger partial charge is 0.462 e. The van der Waals surface area contributed by atoms with Crippen molar-refractivity contribution in [2.24, 2.45) is 0 Å². The lowest BCUT2D eigenvalue weighted by Gasteiger charge is -2.21. The minimum Gasteiger partial charge on any atom is -0.462 e. The van der Waals surface area contributed by atoms with E-state index in [0.717, 1.165) is 88.0 Å². The Balaban J connectivity index is 1.81. The summed E-state index contributed by atoms with van der Waals surface area (Å²) in [6, 6.07) is 1.25. The molecular weight excluding hydrogens is 920 g/mol. The van der Waals surface area contributed by atoms with Crippen molar-refractivity contribution in [1.29, 1.82) is 0 Å². The summed E-state index contributed by atoms with van der Waals surface area (Å²) in [6.45, 7) is 2.14. The minimum atomic E-state index is -5.42. The van der Waals surface area contributed by atoms with Crippen LogP contribution in [0, 0.1) is 0 Å². The van der Waals surface area contributed by atoms with Crippen LogP contribution in [0.1, 0.15) is 200 Å². The van der Waals surface area contributed by atoms with E-state index in [1.807, 2.05) is 0 Å². The first-order valence-corrected chi connectivity index (χ1v) is 28.3. The normalized spacial score (nSPS) is 19.6. The number of unbranched alkanes of at least 4 members (excludes halogenated alkanes) is 22. The van der Waals surface area contributed by atoms with Crippen molar-refractivity contribution in [3.8, 4) is 0 Å². The zero-order chi connectivity index (χ0) is 49.9. The Morgan fingerprint density at radius 2 is 1.15 bits per heavy atom. The molecule has 18 nitrogen and oxygen atoms in total. The monoisotopic (exact) mass is 1010 g/mol. The van der Waals surface area contributed by atoms with Gasteiger partial charge in [0, 0.05) is 19.0 Å². The third-order valence-corrected chi connectivity index (χ3v) is 14.1. The van der Waals surface area contributed by atoms with Crippen molar-refractivity contribution in [3.63, 3.8) is 0 Å². The second-order valence-corrected chi connectivity index (χ2v) is 20.7. The van der Waals surface area contributed by atoms with E-state index in [1.54, 1.807) is 0 Å². The lowest BCUT2D eigenvalue weighted by atomic mass is 10.1. The van der Waals surface area contributed by atoms with Crippen LogP contribution >= 0.6 is 15.6 Å². The predicted molar refractivity (Wildman–Crippen MR) is 261 cm³/mol. The molecule has 20 heteroatoms. The molecule has 1 aromatic heterocycles. The highest BCUT2D eigenvalue weighted by atomic mass is 31.3. The van der Waals surface area contributed by atoms with Crippen LogP contribution in [0.5, 0.6) is 0 Å². The van der Waals surface area contributed by atoms with E-state index >= 15 is 0 Å². The van der Waals surface area contributed by atoms with E-state index < -0.39 is 83.7 Å². The number of hydrogen-bond acceptors (Lipinski definition) is 15. The number of anilines is 1. The maximum absolute atomic E-state index is 12.8. The summed E-state index contributed by atoms with van der Waals surface area (Å²) < 4.78 is 56.8. The number of hydrogen-bond donors (Lipinski definition) is 5. The summed E-state index contributed by atoms with van der Waals surface area (Å²) in [5.41, 5.74) is 4.59. The first-order valence-electron chi connectivity index (χ1n) is 25.3. The maximum Gasteiger partial charge on any atom is 0.481 e. The number of aliphatic hydroxyl groups is 2. The molecule has 0 aliphatic carbocycles. The molecular formula is C48H85N3O15P2. The average molecular weight is 1010 g/mol. The van der Waals surface area contributed by atoms with Crippen molar-refractivity contribution in [2.45, 2.75) is 224 Å². The van der Waals surface area contributed by atoms with Crippen molar-refractivity contribution in [2.75, 3.05) is 25.6 Å². The van der Waals surface area contributed by atoms with Gasteiger partial charge >= 0.3 is 33.3 Å². The Morgan fingerprint density at radius 1 is 0.691 bits per heavy atom. The molecule has 0 bridgehead atoms. The molecule has 7 unspecified atom stereocenters. The highest BCUT2D eigenvalue weighted by Crippen LogP contribution is 2.60. The minimum absolute atomic E-state index is 0.0412. The Labute approximate surface area is 405 Å². The van der Waals surface area contributed by atoms with Crippen LogP contribution in [0.15, 0.2) is 41.4 Å². The van der Waals surface area contributed by atoms with Gasteiger partial charge in [-0.05, 0) is 70.3 Å². The van der Waals surface area contributed by atoms with Gasteiger partial charge in [0.25, 0.3) is 0 Å². The fourth-order valence-electron chi connectivity index (χ4n) is 7.54. The van der Waals surface area contributed by atoms with Gasteiger partial charge < -0.3 is 39.9 Å². The zero-order valence-electron chi connectivity index (χ0n) is 40.9. The molecule has 0 aromatic carbocycles. The van der Waals surface area contributed by atoms with Crippen molar-refractivity contribution >= 4 is 33.4 Å². The number of nitrogens with two attached hydrogens (primary N) is 1. The van der Waals surface area contributed by atoms with Crippen molar-refractivity contribution in [3.05, 3.63) is 47.1 Å². The summed E-state index contributed by atoms with van der Waals surface area (Å²) in [5.74, 6) is -1.30. The number of esters is 2. The molecule has 1 aromatic rings. The molecule has 6 N–H and O–H groups in total. The first kappa shape index (κ1) is 61.4. The van der Waals surface area contributed by atoms with E-state index in [-0.39, 0.29) is 18.7 Å². The quantitative estimate of drug-likeness (QED) is 0.0176. The van der Waals surface area contributed by atoms with E-state index in [1.165, 1.54) is 82.9 Å². The van der Waals surface area contributed by atoms with Gasteiger partial charge in [0.1, 0.15) is 30.7 Å². The van der Waals surface area contributed by atoms with Gasteiger partial charge in [-0.25, -0.2) is 13.9 Å². The highest BCUT2D eigenvalue weighted by molar-refractivity contribution is 7.61. The molecule has 1 aliphatic heterocycles. The van der Waals surface area contributed by atoms with Gasteiger partial charge in [0.15, 0.2) is 12.3 Å². The standard InChI is InChI=1S/C48H85N3O15P2/c1-3-5-7-9-11-13-15-17-19-21-23-25-27-29-31-33-43(52)61-37-40(64-44(53)34-32-30-28-26-24-22-20-18-16-14-12-10-8-6-4-2)38-62-67(57,58)66-68(59,60)63-39-41-45(54)46(55)47(65-41)51-36-35-42(49)50-48(51)56/h13,15,18,20,35-36,40-41,45-47,54-55H,3-12,14,16-17,19,21-34,37-39H2,1-2H3,(H,57,58)(H,59,60)(H2,49,50,56). The lowest BCUT2D eigenvalue weighted by molar-refractivity contribution is -0.161. The molecule has 0 saturated carbocycles. The van der Waals surface area contributed by atoms with Gasteiger partial charge in [-0.1, -0.05) is 141 Å². The third-order valence-electron chi connectivity index (χ3n) is 11.5. The van der Waals surface area contributed by atoms with Crippen LogP contribution in [-0.2, 0) is 46.3 Å². The summed E-state index contributed by atoms with van der Waals surface area (Å²) in [6.07, 6.45) is 31.1. The molecule has 1 saturated heterocycles. The Kier molecular flexibility index (Phi) is 33.5. The largest absolute Gasteiger partial charge is 0.481 e. The highest BCUT2D eigenvalue weighted by Gasteiger charge is 2.46. The molecule has 392 valence electrons. The van der Waals surface area contributed by atoms with Crippen LogP contribution in [0.2, 0.25) is 0 Å². The predicted octanol–water partition coefficient (Wildman–Crippen LogP) is 10.2. The number of nitrogens with zero attached hydrogens (tertiary/aromatic N) is 2. The number of carbonyl (C=O) groups excluding carboxylic acids is 2. The van der Waals surface area contributed by atoms with Crippen molar-refractivity contribution < 1.29 is 66.3 Å². The SMILES string of the molecule is CCCCCCC=CCCCCCCCCCC(=O)OCC(COP(=O)(O)OP(=O)(O)OCC1OC(n2ccc(N)nc2=O)C(O)C1O)OC(=O)CCCCCCCC=CCCCCCCCC. The Morgan fingerprint density at radius 3 is 1.66 bits per heavy atom. The Hall–Kier alpha value is -2.76. The third kappa shape index (κ3) is 29.4. The van der Waals surface area contributed by atoms with Gasteiger partial charge in [0.05, 0.1) is 13.2 Å². The summed E-state index contributed by atoms with van der Waals surface area (Å²) >= 11 is 0. The maximum atomic E-state index is 12.8. The fraction of sp³-hybridized carbons (Fsp3) is 0.792. The summed E-state index contributed by atoms with van der Waals surface area (Å²) in [5, 5.41) is 20.9. The van der Waals surface area contributed by atoms with Crippen LogP contribution in [0.25, 0.3) is 0 Å². The molecule has 0 spiro atoms. The van der Waals surface area contributed by atoms with Gasteiger partial charge in [0.2, 0.25) is 0 Å². The molecule has 1 aliphatic rings. The number of ether oxygens (including phenoxy) is 3. The molecule has 7 atom stereocenters. The molecule has 0 amide bonds. The number of allylic oxidation sites excluding steroid dienone is 4. The molecule has 0 radical (unpaired) electrons. The number of aliphatic hydroxyl groups excluding tert-OH is 2. The Bertz CT molecular complexity index is 1730. The van der Waals surface area contributed by atoms with Gasteiger partial charge in [-0.2, -0.15) is 9.29 Å². The van der Waals surface area contributed by atoms with E-state index in [2.05, 4.69) is 47.4 Å². The second-order valence-electron chi connectivity index (χ2n) is 17.7. The van der Waals surface area contributed by atoms with E-state index in [0.29, 0.717) is 12.8 Å². The topological polar surface area (TPSA) is 265 Å². The average Bonchev–Trinajstić information content (AvgIpc) is 3.57. The van der Waals surface area contributed by atoms with Crippen LogP contribution in [0.4, 0.5) is 5.82 Å². The molecule has 68 heavy (non-hydrogen) atoms. The lowest BCUT2D eigenvalue weighted by Crippen LogP contribution is -2.36. The number of phosphoric ester groups is 2. The van der Waals surface area contributed by atoms with Gasteiger partial charge in [-0.15, -0.1) is 0 Å². The summed E-state index contributed by atoms with van der Waals surface area (Å²) in [7, 11) is -10.8. The second kappa shape index (κ2) is 37.1. The number of phosphoric acid groups is 2. The number of nitrogen functional groups attached to an aromatic ring is 1. The van der Waals surface area contributed by atoms with Crippen molar-refractivity contribution in [1.82, 2.24) is 9.55 Å². The van der Waals surface area contributed by atoms with E-state index in [9.17, 15) is 43.5 Å². The summed E-state index contributed by atoms with van der Waals surface area (Å²) in [4.78, 5) is 61.9. The number of carbonyl (C=O) groups is 2. The first-order chi connectivity index (χ1) is 32.7. The van der Waals surface area contributed by atoms with Crippen LogP contribution in [0.3, 0.4) is 0 Å².